The third-order valence-electron chi connectivity index (χ3n) is 3.50. The van der Waals surface area contributed by atoms with Gasteiger partial charge in [0.15, 0.2) is 6.61 Å². The van der Waals surface area contributed by atoms with E-state index in [2.05, 4.69) is 10.3 Å². The van der Waals surface area contributed by atoms with Crippen LogP contribution < -0.4 is 10.1 Å². The van der Waals surface area contributed by atoms with E-state index in [9.17, 15) is 4.79 Å². The van der Waals surface area contributed by atoms with Crippen molar-refractivity contribution >= 4 is 16.8 Å². The van der Waals surface area contributed by atoms with Crippen molar-refractivity contribution in [3.8, 4) is 5.75 Å². The number of nitrogens with one attached hydrogen (secondary N) is 1. The minimum atomic E-state index is -0.146. The van der Waals surface area contributed by atoms with Gasteiger partial charge in [0.25, 0.3) is 5.91 Å². The second kappa shape index (κ2) is 6.92. The summed E-state index contributed by atoms with van der Waals surface area (Å²) >= 11 is 0. The molecule has 1 heterocycles. The fourth-order valence-electron chi connectivity index (χ4n) is 2.38. The minimum Gasteiger partial charge on any atom is -0.483 e. The van der Waals surface area contributed by atoms with Gasteiger partial charge in [0.05, 0.1) is 5.52 Å². The summed E-state index contributed by atoms with van der Waals surface area (Å²) in [5.74, 6) is 0.537. The number of aryl methyl sites for hydroxylation is 1. The first-order chi connectivity index (χ1) is 11.2. The standard InChI is InChI=1S/C19H18N2O2/c1-14-11-18(16-9-5-6-10-17(16)21-14)23-13-19(22)20-12-15-7-3-2-4-8-15/h2-11H,12-13H2,1H3,(H,20,22). The highest BCUT2D eigenvalue weighted by molar-refractivity contribution is 5.86. The largest absolute Gasteiger partial charge is 0.483 e. The molecule has 1 N–H and O–H groups in total. The van der Waals surface area contributed by atoms with Gasteiger partial charge in [0, 0.05) is 23.7 Å². The highest BCUT2D eigenvalue weighted by Crippen LogP contribution is 2.24. The number of rotatable bonds is 5. The number of pyridine rings is 1. The number of fused-ring (bicyclic) bond motifs is 1. The van der Waals surface area contributed by atoms with Crippen LogP contribution in [0.1, 0.15) is 11.3 Å². The van der Waals surface area contributed by atoms with Gasteiger partial charge >= 0.3 is 0 Å². The summed E-state index contributed by atoms with van der Waals surface area (Å²) in [5, 5.41) is 3.76. The Labute approximate surface area is 135 Å². The molecule has 0 aliphatic rings. The van der Waals surface area contributed by atoms with E-state index < -0.39 is 0 Å². The van der Waals surface area contributed by atoms with Crippen LogP contribution in [0.25, 0.3) is 10.9 Å². The highest BCUT2D eigenvalue weighted by atomic mass is 16.5. The van der Waals surface area contributed by atoms with Crippen molar-refractivity contribution in [1.29, 1.82) is 0 Å². The number of aromatic nitrogens is 1. The maximum absolute atomic E-state index is 12.0. The van der Waals surface area contributed by atoms with Gasteiger partial charge in [0.2, 0.25) is 0 Å². The van der Waals surface area contributed by atoms with Gasteiger partial charge in [-0.3, -0.25) is 9.78 Å². The van der Waals surface area contributed by atoms with Crippen LogP contribution in [0.3, 0.4) is 0 Å². The molecule has 0 unspecified atom stereocenters. The lowest BCUT2D eigenvalue weighted by atomic mass is 10.2. The number of carbonyl (C=O) groups excluding carboxylic acids is 1. The lowest BCUT2D eigenvalue weighted by molar-refractivity contribution is -0.123. The molecule has 0 aliphatic carbocycles. The third kappa shape index (κ3) is 3.86. The van der Waals surface area contributed by atoms with Gasteiger partial charge in [-0.1, -0.05) is 42.5 Å². The summed E-state index contributed by atoms with van der Waals surface area (Å²) in [6.45, 7) is 2.40. The minimum absolute atomic E-state index is 0.0136. The Kier molecular flexibility index (Phi) is 4.52. The lowest BCUT2D eigenvalue weighted by Crippen LogP contribution is -2.28. The Bertz CT molecular complexity index is 816. The Morgan fingerprint density at radius 1 is 1.09 bits per heavy atom. The number of ether oxygens (including phenoxy) is 1. The van der Waals surface area contributed by atoms with Crippen molar-refractivity contribution in [3.05, 3.63) is 71.9 Å². The number of para-hydroxylation sites is 1. The topological polar surface area (TPSA) is 51.2 Å². The van der Waals surface area contributed by atoms with Gasteiger partial charge in [-0.25, -0.2) is 0 Å². The molecule has 0 aliphatic heterocycles. The molecule has 0 atom stereocenters. The maximum Gasteiger partial charge on any atom is 0.258 e. The first-order valence-electron chi connectivity index (χ1n) is 7.52. The molecule has 1 amide bonds. The number of nitrogens with zero attached hydrogens (tertiary/aromatic N) is 1. The van der Waals surface area contributed by atoms with Crippen LogP contribution in [0, 0.1) is 6.92 Å². The Morgan fingerprint density at radius 2 is 1.83 bits per heavy atom. The van der Waals surface area contributed by atoms with Crippen molar-refractivity contribution in [2.75, 3.05) is 6.61 Å². The zero-order valence-electron chi connectivity index (χ0n) is 13.0. The van der Waals surface area contributed by atoms with Crippen LogP contribution in [0.2, 0.25) is 0 Å². The number of hydrogen-bond acceptors (Lipinski definition) is 3. The number of carbonyl (C=O) groups is 1. The summed E-state index contributed by atoms with van der Waals surface area (Å²) < 4.78 is 5.70. The van der Waals surface area contributed by atoms with Crippen molar-refractivity contribution in [2.24, 2.45) is 0 Å². The molecular weight excluding hydrogens is 288 g/mol. The number of hydrogen-bond donors (Lipinski definition) is 1. The van der Waals surface area contributed by atoms with E-state index in [0.29, 0.717) is 12.3 Å². The van der Waals surface area contributed by atoms with E-state index in [0.717, 1.165) is 22.2 Å². The second-order valence-corrected chi connectivity index (χ2v) is 5.33. The van der Waals surface area contributed by atoms with Crippen LogP contribution in [-0.2, 0) is 11.3 Å². The highest BCUT2D eigenvalue weighted by Gasteiger charge is 2.07. The van der Waals surface area contributed by atoms with Crippen LogP contribution >= 0.6 is 0 Å². The van der Waals surface area contributed by atoms with E-state index in [1.807, 2.05) is 67.6 Å². The molecule has 3 aromatic rings. The van der Waals surface area contributed by atoms with Crippen molar-refractivity contribution < 1.29 is 9.53 Å². The van der Waals surface area contributed by atoms with E-state index in [-0.39, 0.29) is 12.5 Å². The summed E-state index contributed by atoms with van der Waals surface area (Å²) in [5.41, 5.74) is 2.79. The molecule has 0 bridgehead atoms. The molecule has 23 heavy (non-hydrogen) atoms. The molecule has 3 rings (SSSR count). The quantitative estimate of drug-likeness (QED) is 0.787. The lowest BCUT2D eigenvalue weighted by Gasteiger charge is -2.10. The monoisotopic (exact) mass is 306 g/mol. The molecule has 2 aromatic carbocycles. The zero-order chi connectivity index (χ0) is 16.1. The molecule has 0 fully saturated rings. The predicted molar refractivity (Wildman–Crippen MR) is 90.3 cm³/mol. The van der Waals surface area contributed by atoms with Gasteiger partial charge in [-0.15, -0.1) is 0 Å². The number of amides is 1. The van der Waals surface area contributed by atoms with Gasteiger partial charge < -0.3 is 10.1 Å². The molecule has 0 radical (unpaired) electrons. The molecule has 116 valence electrons. The van der Waals surface area contributed by atoms with Crippen LogP contribution in [0.15, 0.2) is 60.7 Å². The molecule has 4 nitrogen and oxygen atoms in total. The van der Waals surface area contributed by atoms with E-state index >= 15 is 0 Å². The first-order valence-corrected chi connectivity index (χ1v) is 7.52. The number of benzene rings is 2. The normalized spacial score (nSPS) is 10.5. The smallest absolute Gasteiger partial charge is 0.258 e. The molecule has 0 spiro atoms. The summed E-state index contributed by atoms with van der Waals surface area (Å²) in [6, 6.07) is 19.4. The second-order valence-electron chi connectivity index (χ2n) is 5.33. The predicted octanol–water partition coefficient (Wildman–Crippen LogP) is 3.24. The van der Waals surface area contributed by atoms with E-state index in [1.54, 1.807) is 0 Å². The van der Waals surface area contributed by atoms with E-state index in [1.165, 1.54) is 0 Å². The molecular formula is C19H18N2O2. The van der Waals surface area contributed by atoms with Crippen molar-refractivity contribution in [2.45, 2.75) is 13.5 Å². The van der Waals surface area contributed by atoms with Gasteiger partial charge in [0.1, 0.15) is 5.75 Å². The van der Waals surface area contributed by atoms with E-state index in [4.69, 9.17) is 4.74 Å². The Morgan fingerprint density at radius 3 is 2.65 bits per heavy atom. The SMILES string of the molecule is Cc1cc(OCC(=O)NCc2ccccc2)c2ccccc2n1. The maximum atomic E-state index is 12.0. The van der Waals surface area contributed by atoms with Crippen LogP contribution in [0.5, 0.6) is 5.75 Å². The van der Waals surface area contributed by atoms with Gasteiger partial charge in [-0.2, -0.15) is 0 Å². The summed E-state index contributed by atoms with van der Waals surface area (Å²) in [6.07, 6.45) is 0. The summed E-state index contributed by atoms with van der Waals surface area (Å²) in [7, 11) is 0. The van der Waals surface area contributed by atoms with Crippen LogP contribution in [0.4, 0.5) is 0 Å². The molecule has 0 saturated carbocycles. The average Bonchev–Trinajstić information content (AvgIpc) is 2.58. The average molecular weight is 306 g/mol. The Hall–Kier alpha value is -2.88. The third-order valence-corrected chi connectivity index (χ3v) is 3.50. The fourth-order valence-corrected chi connectivity index (χ4v) is 2.38. The van der Waals surface area contributed by atoms with Crippen molar-refractivity contribution in [1.82, 2.24) is 10.3 Å². The van der Waals surface area contributed by atoms with Gasteiger partial charge in [-0.05, 0) is 24.6 Å². The molecule has 4 heteroatoms. The first kappa shape index (κ1) is 15.0. The van der Waals surface area contributed by atoms with Crippen LogP contribution in [-0.4, -0.2) is 17.5 Å². The zero-order valence-corrected chi connectivity index (χ0v) is 13.0. The Balaban J connectivity index is 1.63. The summed E-state index contributed by atoms with van der Waals surface area (Å²) in [4.78, 5) is 16.4. The van der Waals surface area contributed by atoms with Crippen molar-refractivity contribution in [3.63, 3.8) is 0 Å². The molecule has 0 saturated heterocycles. The molecule has 1 aromatic heterocycles. The fraction of sp³-hybridized carbons (Fsp3) is 0.158.